The summed E-state index contributed by atoms with van der Waals surface area (Å²) >= 11 is 1.32. The van der Waals surface area contributed by atoms with Gasteiger partial charge in [0, 0.05) is 29.3 Å². The minimum absolute atomic E-state index is 0.0728. The summed E-state index contributed by atoms with van der Waals surface area (Å²) in [5.41, 5.74) is 2.63. The van der Waals surface area contributed by atoms with Crippen molar-refractivity contribution < 1.29 is 4.79 Å². The minimum atomic E-state index is 0.0728. The Morgan fingerprint density at radius 3 is 3.00 bits per heavy atom. The van der Waals surface area contributed by atoms with Crippen molar-refractivity contribution in [3.8, 4) is 0 Å². The topological polar surface area (TPSA) is 75.9 Å². The number of H-pyrrole nitrogens is 1. The first-order valence-electron chi connectivity index (χ1n) is 6.13. The van der Waals surface area contributed by atoms with E-state index in [1.54, 1.807) is 23.0 Å². The average molecular weight is 287 g/mol. The van der Waals surface area contributed by atoms with Crippen LogP contribution < -0.4 is 0 Å². The van der Waals surface area contributed by atoms with Crippen molar-refractivity contribution in [2.75, 3.05) is 5.75 Å². The smallest absolute Gasteiger partial charge is 0.253 e. The summed E-state index contributed by atoms with van der Waals surface area (Å²) in [4.78, 5) is 23.6. The molecule has 0 atom stereocenters. The van der Waals surface area contributed by atoms with Crippen LogP contribution in [-0.4, -0.2) is 36.1 Å². The number of hydrogen-bond donors (Lipinski definition) is 1. The molecule has 0 amide bonds. The number of rotatable bonds is 4. The summed E-state index contributed by atoms with van der Waals surface area (Å²) < 4.78 is 1.60. The summed E-state index contributed by atoms with van der Waals surface area (Å²) in [6.45, 7) is 3.84. The molecule has 0 saturated heterocycles. The highest BCUT2D eigenvalue weighted by atomic mass is 32.2. The van der Waals surface area contributed by atoms with Gasteiger partial charge in [-0.1, -0.05) is 11.8 Å². The maximum absolute atomic E-state index is 12.1. The SMILES string of the molecule is Cc1cc(C(=O)CSc2nc3ncccn3n2)c(C)[nH]1. The Bertz CT molecular complexity index is 743. The van der Waals surface area contributed by atoms with E-state index in [1.165, 1.54) is 11.8 Å². The summed E-state index contributed by atoms with van der Waals surface area (Å²) in [6.07, 6.45) is 3.44. The van der Waals surface area contributed by atoms with E-state index >= 15 is 0 Å². The van der Waals surface area contributed by atoms with E-state index in [2.05, 4.69) is 20.1 Å². The van der Waals surface area contributed by atoms with Crippen LogP contribution >= 0.6 is 11.8 Å². The molecule has 3 rings (SSSR count). The average Bonchev–Trinajstić information content (AvgIpc) is 2.98. The Morgan fingerprint density at radius 1 is 1.45 bits per heavy atom. The zero-order valence-electron chi connectivity index (χ0n) is 11.1. The van der Waals surface area contributed by atoms with Gasteiger partial charge in [-0.15, -0.1) is 5.10 Å². The number of aromatic amines is 1. The van der Waals surface area contributed by atoms with E-state index in [-0.39, 0.29) is 5.78 Å². The molecule has 0 aliphatic carbocycles. The molecule has 0 aliphatic rings. The van der Waals surface area contributed by atoms with Gasteiger partial charge in [-0.25, -0.2) is 9.50 Å². The highest BCUT2D eigenvalue weighted by Gasteiger charge is 2.13. The summed E-state index contributed by atoms with van der Waals surface area (Å²) in [6, 6.07) is 3.66. The van der Waals surface area contributed by atoms with Crippen LogP contribution in [0.3, 0.4) is 0 Å². The molecule has 0 spiro atoms. The van der Waals surface area contributed by atoms with E-state index < -0.39 is 0 Å². The number of aryl methyl sites for hydroxylation is 2. The fourth-order valence-corrected chi connectivity index (χ4v) is 2.70. The summed E-state index contributed by atoms with van der Waals surface area (Å²) in [5, 5.41) is 4.81. The third kappa shape index (κ3) is 2.44. The van der Waals surface area contributed by atoms with Gasteiger partial charge in [0.05, 0.1) is 5.75 Å². The molecule has 102 valence electrons. The molecule has 20 heavy (non-hydrogen) atoms. The molecule has 1 N–H and O–H groups in total. The molecule has 7 heteroatoms. The van der Waals surface area contributed by atoms with Gasteiger partial charge in [0.15, 0.2) is 5.78 Å². The molecule has 0 unspecified atom stereocenters. The van der Waals surface area contributed by atoms with E-state index in [0.717, 1.165) is 17.0 Å². The standard InChI is InChI=1S/C13H13N5OS/c1-8-6-10(9(2)15-8)11(19)7-20-13-16-12-14-4-3-5-18(12)17-13/h3-6,15H,7H2,1-2H3. The number of nitrogens with one attached hydrogen (secondary N) is 1. The summed E-state index contributed by atoms with van der Waals surface area (Å²) in [5.74, 6) is 0.925. The normalized spacial score (nSPS) is 11.1. The Hall–Kier alpha value is -2.15. The number of thioether (sulfide) groups is 1. The predicted octanol–water partition coefficient (Wildman–Crippen LogP) is 2.04. The number of carbonyl (C=O) groups is 1. The summed E-state index contributed by atoms with van der Waals surface area (Å²) in [7, 11) is 0. The second kappa shape index (κ2) is 5.09. The van der Waals surface area contributed by atoms with Gasteiger partial charge >= 0.3 is 0 Å². The second-order valence-electron chi connectivity index (χ2n) is 4.46. The van der Waals surface area contributed by atoms with Crippen molar-refractivity contribution in [2.24, 2.45) is 0 Å². The van der Waals surface area contributed by atoms with Crippen LogP contribution in [0.4, 0.5) is 0 Å². The molecule has 6 nitrogen and oxygen atoms in total. The fraction of sp³-hybridized carbons (Fsp3) is 0.231. The highest BCUT2D eigenvalue weighted by molar-refractivity contribution is 7.99. The minimum Gasteiger partial charge on any atom is -0.362 e. The number of aromatic nitrogens is 5. The van der Waals surface area contributed by atoms with Gasteiger partial charge < -0.3 is 4.98 Å². The van der Waals surface area contributed by atoms with Crippen LogP contribution in [0.1, 0.15) is 21.7 Å². The quantitative estimate of drug-likeness (QED) is 0.587. The van der Waals surface area contributed by atoms with Crippen LogP contribution in [0.2, 0.25) is 0 Å². The van der Waals surface area contributed by atoms with Gasteiger partial charge in [0.1, 0.15) is 0 Å². The Kier molecular flexibility index (Phi) is 3.27. The number of hydrogen-bond acceptors (Lipinski definition) is 5. The number of carbonyl (C=O) groups excluding carboxylic acids is 1. The van der Waals surface area contributed by atoms with Crippen molar-refractivity contribution in [1.82, 2.24) is 24.6 Å². The largest absolute Gasteiger partial charge is 0.362 e. The first-order chi connectivity index (χ1) is 9.63. The maximum Gasteiger partial charge on any atom is 0.253 e. The van der Waals surface area contributed by atoms with Crippen molar-refractivity contribution in [1.29, 1.82) is 0 Å². The number of fused-ring (bicyclic) bond motifs is 1. The van der Waals surface area contributed by atoms with Crippen LogP contribution in [0, 0.1) is 13.8 Å². The first-order valence-corrected chi connectivity index (χ1v) is 7.11. The molecule has 0 bridgehead atoms. The molecule has 3 aromatic rings. The van der Waals surface area contributed by atoms with Crippen molar-refractivity contribution >= 4 is 23.3 Å². The van der Waals surface area contributed by atoms with Gasteiger partial charge in [-0.3, -0.25) is 4.79 Å². The zero-order chi connectivity index (χ0) is 14.1. The Labute approximate surface area is 119 Å². The monoisotopic (exact) mass is 287 g/mol. The van der Waals surface area contributed by atoms with Gasteiger partial charge in [0.25, 0.3) is 5.78 Å². The fourth-order valence-electron chi connectivity index (χ4n) is 2.00. The number of nitrogens with zero attached hydrogens (tertiary/aromatic N) is 4. The molecule has 0 saturated carbocycles. The second-order valence-corrected chi connectivity index (χ2v) is 5.40. The lowest BCUT2D eigenvalue weighted by molar-refractivity contribution is 0.102. The van der Waals surface area contributed by atoms with Crippen molar-refractivity contribution in [3.05, 3.63) is 41.5 Å². The van der Waals surface area contributed by atoms with Gasteiger partial charge in [-0.05, 0) is 26.0 Å². The molecule has 0 fully saturated rings. The van der Waals surface area contributed by atoms with Crippen LogP contribution in [0.15, 0.2) is 29.7 Å². The maximum atomic E-state index is 12.1. The van der Waals surface area contributed by atoms with Gasteiger partial charge in [0.2, 0.25) is 5.16 Å². The number of ketones is 1. The predicted molar refractivity (Wildman–Crippen MR) is 76.1 cm³/mol. The van der Waals surface area contributed by atoms with Gasteiger partial charge in [-0.2, -0.15) is 4.98 Å². The van der Waals surface area contributed by atoms with Crippen LogP contribution in [-0.2, 0) is 0 Å². The Morgan fingerprint density at radius 2 is 2.30 bits per heavy atom. The molecule has 0 aliphatic heterocycles. The van der Waals surface area contributed by atoms with Crippen molar-refractivity contribution in [2.45, 2.75) is 19.0 Å². The Balaban J connectivity index is 1.73. The van der Waals surface area contributed by atoms with E-state index in [0.29, 0.717) is 16.7 Å². The number of Topliss-reactive ketones (excluding diaryl/α,β-unsaturated/α-hetero) is 1. The lowest BCUT2D eigenvalue weighted by Gasteiger charge is -1.97. The van der Waals surface area contributed by atoms with Crippen LogP contribution in [0.5, 0.6) is 0 Å². The van der Waals surface area contributed by atoms with Crippen LogP contribution in [0.25, 0.3) is 5.78 Å². The molecule has 0 aromatic carbocycles. The lowest BCUT2D eigenvalue weighted by Crippen LogP contribution is -2.03. The highest BCUT2D eigenvalue weighted by Crippen LogP contribution is 2.18. The van der Waals surface area contributed by atoms with E-state index in [9.17, 15) is 4.79 Å². The molecule has 3 heterocycles. The molecule has 0 radical (unpaired) electrons. The third-order valence-corrected chi connectivity index (χ3v) is 3.72. The third-order valence-electron chi connectivity index (χ3n) is 2.88. The first kappa shape index (κ1) is 12.9. The van der Waals surface area contributed by atoms with E-state index in [4.69, 9.17) is 0 Å². The molecular formula is C13H13N5OS. The molecule has 3 aromatic heterocycles. The zero-order valence-corrected chi connectivity index (χ0v) is 11.9. The van der Waals surface area contributed by atoms with Crippen molar-refractivity contribution in [3.63, 3.8) is 0 Å². The lowest BCUT2D eigenvalue weighted by atomic mass is 10.2. The van der Waals surface area contributed by atoms with E-state index in [1.807, 2.05) is 19.9 Å². The molecular weight excluding hydrogens is 274 g/mol.